The lowest BCUT2D eigenvalue weighted by atomic mass is 10.1. The van der Waals surface area contributed by atoms with Crippen LogP contribution in [0, 0.1) is 6.92 Å². The molecular formula is C9H8BrClO2. The Labute approximate surface area is 90.0 Å². The van der Waals surface area contributed by atoms with E-state index in [2.05, 4.69) is 15.9 Å². The first-order valence-electron chi connectivity index (χ1n) is 3.61. The fourth-order valence-electron chi connectivity index (χ4n) is 1.11. The van der Waals surface area contributed by atoms with Crippen LogP contribution < -0.4 is 4.74 Å². The highest BCUT2D eigenvalue weighted by Gasteiger charge is 2.15. The quantitative estimate of drug-likeness (QED) is 0.766. The van der Waals surface area contributed by atoms with E-state index in [-0.39, 0.29) is 0 Å². The van der Waals surface area contributed by atoms with Crippen molar-refractivity contribution in [3.05, 3.63) is 27.7 Å². The molecule has 0 aliphatic rings. The van der Waals surface area contributed by atoms with Gasteiger partial charge in [0.05, 0.1) is 12.7 Å². The molecule has 0 aliphatic heterocycles. The molecule has 70 valence electrons. The zero-order chi connectivity index (χ0) is 10.0. The Hall–Kier alpha value is -0.540. The first kappa shape index (κ1) is 10.5. The standard InChI is InChI=1S/C9H8BrClO2/c1-5-3-4-6(10)7(9(11)12)8(5)13-2/h3-4H,1-2H3. The van der Waals surface area contributed by atoms with Crippen molar-refractivity contribution in [1.29, 1.82) is 0 Å². The van der Waals surface area contributed by atoms with E-state index >= 15 is 0 Å². The normalized spacial score (nSPS) is 9.85. The van der Waals surface area contributed by atoms with Crippen molar-refractivity contribution in [2.75, 3.05) is 7.11 Å². The summed E-state index contributed by atoms with van der Waals surface area (Å²) in [6, 6.07) is 3.62. The van der Waals surface area contributed by atoms with Crippen LogP contribution in [-0.2, 0) is 0 Å². The number of methoxy groups -OCH3 is 1. The second kappa shape index (κ2) is 4.11. The number of hydrogen-bond donors (Lipinski definition) is 0. The lowest BCUT2D eigenvalue weighted by Gasteiger charge is -2.09. The molecule has 0 aliphatic carbocycles. The van der Waals surface area contributed by atoms with E-state index in [1.807, 2.05) is 13.0 Å². The van der Waals surface area contributed by atoms with Crippen molar-refractivity contribution in [3.63, 3.8) is 0 Å². The van der Waals surface area contributed by atoms with Crippen LogP contribution in [0.3, 0.4) is 0 Å². The van der Waals surface area contributed by atoms with Crippen molar-refractivity contribution >= 4 is 32.8 Å². The molecule has 0 spiro atoms. The number of carbonyl (C=O) groups excluding carboxylic acids is 1. The molecule has 1 rings (SSSR count). The van der Waals surface area contributed by atoms with Crippen LogP contribution in [0.5, 0.6) is 5.75 Å². The molecule has 0 unspecified atom stereocenters. The molecule has 0 radical (unpaired) electrons. The molecule has 0 bridgehead atoms. The van der Waals surface area contributed by atoms with Crippen LogP contribution in [0.25, 0.3) is 0 Å². The molecule has 0 saturated carbocycles. The number of benzene rings is 1. The van der Waals surface area contributed by atoms with Crippen molar-refractivity contribution in [2.24, 2.45) is 0 Å². The number of halogens is 2. The zero-order valence-corrected chi connectivity index (χ0v) is 9.57. The molecule has 2 nitrogen and oxygen atoms in total. The SMILES string of the molecule is COc1c(C)ccc(Br)c1C(=O)Cl. The lowest BCUT2D eigenvalue weighted by Crippen LogP contribution is -1.98. The summed E-state index contributed by atoms with van der Waals surface area (Å²) in [5, 5.41) is -0.521. The number of hydrogen-bond acceptors (Lipinski definition) is 2. The number of rotatable bonds is 2. The van der Waals surface area contributed by atoms with E-state index in [1.54, 1.807) is 6.07 Å². The highest BCUT2D eigenvalue weighted by atomic mass is 79.9. The van der Waals surface area contributed by atoms with Crippen molar-refractivity contribution in [2.45, 2.75) is 6.92 Å². The summed E-state index contributed by atoms with van der Waals surface area (Å²) in [5.74, 6) is 0.523. The van der Waals surface area contributed by atoms with Gasteiger partial charge in [-0.2, -0.15) is 0 Å². The highest BCUT2D eigenvalue weighted by Crippen LogP contribution is 2.31. The van der Waals surface area contributed by atoms with Gasteiger partial charge >= 0.3 is 0 Å². The summed E-state index contributed by atoms with van der Waals surface area (Å²) in [7, 11) is 1.51. The van der Waals surface area contributed by atoms with Gasteiger partial charge in [0.2, 0.25) is 0 Å². The molecule has 4 heteroatoms. The van der Waals surface area contributed by atoms with Gasteiger partial charge in [0.15, 0.2) is 0 Å². The van der Waals surface area contributed by atoms with Gasteiger partial charge in [0.25, 0.3) is 5.24 Å². The summed E-state index contributed by atoms with van der Waals surface area (Å²) < 4.78 is 5.73. The van der Waals surface area contributed by atoms with Gasteiger partial charge in [-0.3, -0.25) is 4.79 Å². The minimum absolute atomic E-state index is 0.379. The smallest absolute Gasteiger partial charge is 0.257 e. The molecule has 0 atom stereocenters. The van der Waals surface area contributed by atoms with Gasteiger partial charge in [0.1, 0.15) is 5.75 Å². The Morgan fingerprint density at radius 2 is 2.15 bits per heavy atom. The van der Waals surface area contributed by atoms with E-state index in [9.17, 15) is 4.79 Å². The Balaban J connectivity index is 3.43. The number of aryl methyl sites for hydroxylation is 1. The molecule has 1 aromatic rings. The molecule has 0 amide bonds. The Bertz CT molecular complexity index is 350. The van der Waals surface area contributed by atoms with Crippen molar-refractivity contribution in [3.8, 4) is 5.75 Å². The molecular weight excluding hydrogens is 255 g/mol. The predicted molar refractivity (Wildman–Crippen MR) is 55.6 cm³/mol. The molecule has 0 saturated heterocycles. The summed E-state index contributed by atoms with van der Waals surface area (Å²) in [5.41, 5.74) is 1.26. The molecule has 0 aromatic heterocycles. The van der Waals surface area contributed by atoms with Crippen LogP contribution in [0.15, 0.2) is 16.6 Å². The van der Waals surface area contributed by atoms with Gasteiger partial charge in [0, 0.05) is 4.47 Å². The van der Waals surface area contributed by atoms with E-state index in [1.165, 1.54) is 7.11 Å². The number of ether oxygens (including phenoxy) is 1. The van der Waals surface area contributed by atoms with E-state index in [0.29, 0.717) is 15.8 Å². The van der Waals surface area contributed by atoms with Crippen LogP contribution in [0.4, 0.5) is 0 Å². The lowest BCUT2D eigenvalue weighted by molar-refractivity contribution is 0.107. The van der Waals surface area contributed by atoms with Gasteiger partial charge < -0.3 is 4.74 Å². The van der Waals surface area contributed by atoms with E-state index in [4.69, 9.17) is 16.3 Å². The maximum absolute atomic E-state index is 11.1. The Kier molecular flexibility index (Phi) is 3.33. The monoisotopic (exact) mass is 262 g/mol. The first-order valence-corrected chi connectivity index (χ1v) is 4.78. The van der Waals surface area contributed by atoms with Gasteiger partial charge in [-0.1, -0.05) is 6.07 Å². The molecule has 0 fully saturated rings. The maximum atomic E-state index is 11.1. The summed E-state index contributed by atoms with van der Waals surface area (Å²) in [4.78, 5) is 11.1. The fourth-order valence-corrected chi connectivity index (χ4v) is 1.90. The molecule has 1 aromatic carbocycles. The Morgan fingerprint density at radius 3 is 2.54 bits per heavy atom. The fraction of sp³-hybridized carbons (Fsp3) is 0.222. The second-order valence-electron chi connectivity index (χ2n) is 2.55. The van der Waals surface area contributed by atoms with Crippen molar-refractivity contribution < 1.29 is 9.53 Å². The van der Waals surface area contributed by atoms with Crippen molar-refractivity contribution in [1.82, 2.24) is 0 Å². The van der Waals surface area contributed by atoms with Crippen LogP contribution in [-0.4, -0.2) is 12.4 Å². The van der Waals surface area contributed by atoms with Crippen LogP contribution in [0.2, 0.25) is 0 Å². The van der Waals surface area contributed by atoms with Gasteiger partial charge in [-0.25, -0.2) is 0 Å². The first-order chi connectivity index (χ1) is 6.07. The third kappa shape index (κ3) is 2.03. The molecule has 13 heavy (non-hydrogen) atoms. The molecule has 0 N–H and O–H groups in total. The maximum Gasteiger partial charge on any atom is 0.257 e. The second-order valence-corrected chi connectivity index (χ2v) is 3.74. The minimum atomic E-state index is -0.521. The summed E-state index contributed by atoms with van der Waals surface area (Å²) >= 11 is 8.65. The third-order valence-corrected chi connectivity index (χ3v) is 2.55. The largest absolute Gasteiger partial charge is 0.496 e. The number of carbonyl (C=O) groups is 1. The minimum Gasteiger partial charge on any atom is -0.496 e. The van der Waals surface area contributed by atoms with Crippen LogP contribution >= 0.6 is 27.5 Å². The average molecular weight is 264 g/mol. The third-order valence-electron chi connectivity index (χ3n) is 1.70. The highest BCUT2D eigenvalue weighted by molar-refractivity contribution is 9.10. The zero-order valence-electron chi connectivity index (χ0n) is 7.23. The van der Waals surface area contributed by atoms with Gasteiger partial charge in [-0.05, 0) is 46.1 Å². The summed E-state index contributed by atoms with van der Waals surface area (Å²) in [6.45, 7) is 1.86. The van der Waals surface area contributed by atoms with Crippen LogP contribution in [0.1, 0.15) is 15.9 Å². The van der Waals surface area contributed by atoms with Gasteiger partial charge in [-0.15, -0.1) is 0 Å². The Morgan fingerprint density at radius 1 is 1.54 bits per heavy atom. The van der Waals surface area contributed by atoms with E-state index in [0.717, 1.165) is 5.56 Å². The average Bonchev–Trinajstić information content (AvgIpc) is 2.07. The summed E-state index contributed by atoms with van der Waals surface area (Å²) in [6.07, 6.45) is 0. The van der Waals surface area contributed by atoms with E-state index < -0.39 is 5.24 Å². The molecule has 0 heterocycles. The predicted octanol–water partition coefficient (Wildman–Crippen LogP) is 3.15. The topological polar surface area (TPSA) is 26.3 Å².